The van der Waals surface area contributed by atoms with Crippen molar-refractivity contribution in [3.63, 3.8) is 0 Å². The molecule has 1 aliphatic rings. The second kappa shape index (κ2) is 11.3. The lowest BCUT2D eigenvalue weighted by Crippen LogP contribution is -2.36. The van der Waals surface area contributed by atoms with E-state index in [9.17, 15) is 28.4 Å². The quantitative estimate of drug-likeness (QED) is 0.359. The maximum Gasteiger partial charge on any atom is 0.380 e. The van der Waals surface area contributed by atoms with Gasteiger partial charge in [-0.05, 0) is 26.0 Å². The Morgan fingerprint density at radius 3 is 2.54 bits per heavy atom. The van der Waals surface area contributed by atoms with Crippen LogP contribution in [0.3, 0.4) is 0 Å². The van der Waals surface area contributed by atoms with Gasteiger partial charge in [0.2, 0.25) is 0 Å². The summed E-state index contributed by atoms with van der Waals surface area (Å²) in [5.74, 6) is -1.26. The number of para-hydroxylation sites is 1. The number of carbonyl (C=O) groups excluding carboxylic acids is 1. The largest absolute Gasteiger partial charge is 0.463 e. The van der Waals surface area contributed by atoms with Crippen LogP contribution in [0.25, 0.3) is 0 Å². The van der Waals surface area contributed by atoms with Crippen molar-refractivity contribution >= 4 is 13.6 Å². The number of ether oxygens (including phenoxy) is 2. The number of aromatic amines is 1. The first kappa shape index (κ1) is 26.8. The molecule has 2 heterocycles. The number of rotatable bonds is 10. The Labute approximate surface area is 200 Å². The van der Waals surface area contributed by atoms with Crippen molar-refractivity contribution in [1.29, 1.82) is 0 Å². The number of esters is 1. The number of carbonyl (C=O) groups is 1. The maximum atomic E-state index is 14.8. The summed E-state index contributed by atoms with van der Waals surface area (Å²) in [6.07, 6.45) is -6.31. The van der Waals surface area contributed by atoms with Crippen LogP contribution in [0, 0.1) is 5.92 Å². The second-order valence-electron chi connectivity index (χ2n) is 8.40. The van der Waals surface area contributed by atoms with Crippen molar-refractivity contribution in [2.45, 2.75) is 51.5 Å². The number of aliphatic hydroxyl groups is 1. The third kappa shape index (κ3) is 6.88. The van der Waals surface area contributed by atoms with Gasteiger partial charge in [0, 0.05) is 12.3 Å². The van der Waals surface area contributed by atoms with E-state index in [4.69, 9.17) is 18.5 Å². The number of aromatic nitrogens is 2. The topological polar surface area (TPSA) is 146 Å². The Hall–Kier alpha value is -2.79. The van der Waals surface area contributed by atoms with Crippen LogP contribution in [0.5, 0.6) is 5.75 Å². The molecule has 1 aliphatic heterocycles. The number of H-pyrrole nitrogens is 1. The molecule has 6 atom stereocenters. The monoisotopic (exact) mass is 514 g/mol. The Morgan fingerprint density at radius 1 is 1.23 bits per heavy atom. The molecule has 0 saturated carbocycles. The van der Waals surface area contributed by atoms with Gasteiger partial charge in [-0.2, -0.15) is 0 Å². The zero-order valence-corrected chi connectivity index (χ0v) is 20.3. The van der Waals surface area contributed by atoms with Crippen LogP contribution < -0.4 is 15.8 Å². The zero-order valence-electron chi connectivity index (χ0n) is 19.4. The fourth-order valence-corrected chi connectivity index (χ4v) is 5.27. The highest BCUT2D eigenvalue weighted by Gasteiger charge is 2.47. The van der Waals surface area contributed by atoms with Crippen molar-refractivity contribution < 1.29 is 37.4 Å². The van der Waals surface area contributed by atoms with Crippen molar-refractivity contribution in [3.8, 4) is 5.75 Å². The highest BCUT2D eigenvalue weighted by molar-refractivity contribution is 7.54. The molecule has 1 fully saturated rings. The van der Waals surface area contributed by atoms with Crippen molar-refractivity contribution in [2.24, 2.45) is 5.92 Å². The van der Waals surface area contributed by atoms with Gasteiger partial charge in [0.15, 0.2) is 12.4 Å². The average Bonchev–Trinajstić information content (AvgIpc) is 3.06. The van der Waals surface area contributed by atoms with E-state index in [1.54, 1.807) is 44.2 Å². The lowest BCUT2D eigenvalue weighted by atomic mass is 10.1. The minimum atomic E-state index is -4.05. The highest BCUT2D eigenvalue weighted by atomic mass is 31.2. The number of hydrogen-bond donors (Lipinski definition) is 2. The van der Waals surface area contributed by atoms with E-state index >= 15 is 0 Å². The molecule has 13 heteroatoms. The molecule has 192 valence electrons. The molecule has 35 heavy (non-hydrogen) atoms. The van der Waals surface area contributed by atoms with Crippen molar-refractivity contribution in [1.82, 2.24) is 9.55 Å². The highest BCUT2D eigenvalue weighted by Crippen LogP contribution is 2.50. The first-order valence-electron chi connectivity index (χ1n) is 11.0. The molecule has 3 rings (SSSR count). The van der Waals surface area contributed by atoms with E-state index in [1.165, 1.54) is 6.92 Å². The van der Waals surface area contributed by atoms with Crippen molar-refractivity contribution in [2.75, 3.05) is 12.8 Å². The van der Waals surface area contributed by atoms with Gasteiger partial charge < -0.3 is 19.1 Å². The van der Waals surface area contributed by atoms with E-state index in [1.807, 2.05) is 4.98 Å². The molecule has 1 aromatic heterocycles. The van der Waals surface area contributed by atoms with Crippen LogP contribution in [0.4, 0.5) is 4.39 Å². The number of nitrogens with one attached hydrogen (secondary N) is 1. The molecule has 0 bridgehead atoms. The van der Waals surface area contributed by atoms with Gasteiger partial charge in [-0.3, -0.25) is 23.7 Å². The Morgan fingerprint density at radius 2 is 1.91 bits per heavy atom. The summed E-state index contributed by atoms with van der Waals surface area (Å²) in [6, 6.07) is 9.13. The summed E-state index contributed by atoms with van der Waals surface area (Å²) >= 11 is 0. The van der Waals surface area contributed by atoms with Crippen LogP contribution in [0.1, 0.15) is 27.0 Å². The number of alkyl halides is 1. The van der Waals surface area contributed by atoms with Gasteiger partial charge >= 0.3 is 19.3 Å². The lowest BCUT2D eigenvalue weighted by molar-refractivity contribution is -0.151. The van der Waals surface area contributed by atoms with E-state index in [0.717, 1.165) is 16.8 Å². The van der Waals surface area contributed by atoms with Crippen LogP contribution in [-0.2, 0) is 23.4 Å². The number of aliphatic hydroxyl groups excluding tert-OH is 1. The number of benzene rings is 1. The molecule has 11 nitrogen and oxygen atoms in total. The van der Waals surface area contributed by atoms with Crippen LogP contribution in [0.2, 0.25) is 0 Å². The smallest absolute Gasteiger partial charge is 0.380 e. The Bertz CT molecular complexity index is 1170. The first-order chi connectivity index (χ1) is 16.5. The van der Waals surface area contributed by atoms with Gasteiger partial charge in [-0.15, -0.1) is 0 Å². The Kier molecular flexibility index (Phi) is 8.65. The van der Waals surface area contributed by atoms with Crippen LogP contribution in [-0.4, -0.2) is 57.9 Å². The molecule has 2 N–H and O–H groups in total. The standard InChI is InChI=1S/C22H28FN2O9P/c1-13(2)32-21(28)14(3)12-35(30,34-15-7-5-4-6-8-15)31-11-16-18(23)19(27)20(33-16)25-10-9-17(26)24-22(25)29/h4-10,13-14,16,18-20,27H,11-12H2,1-3H3,(H,24,26,29)/t14-,16-,18+,19?,20-,35?/m1/s1. The van der Waals surface area contributed by atoms with Gasteiger partial charge in [0.25, 0.3) is 5.56 Å². The molecule has 0 amide bonds. The van der Waals surface area contributed by atoms with Gasteiger partial charge in [0.05, 0.1) is 24.8 Å². The molecule has 0 spiro atoms. The molecule has 0 radical (unpaired) electrons. The SMILES string of the molecule is CC(C)OC(=O)[C@H](C)CP(=O)(OC[C@H]1O[C@@H](n2ccc(=O)[nH]c2=O)C(O)[C@H]1F)Oc1ccccc1. The molecule has 2 aromatic rings. The van der Waals surface area contributed by atoms with Gasteiger partial charge in [-0.25, -0.2) is 13.8 Å². The molecule has 2 unspecified atom stereocenters. The predicted molar refractivity (Wildman–Crippen MR) is 122 cm³/mol. The molecular formula is C22H28FN2O9P. The third-order valence-electron chi connectivity index (χ3n) is 5.09. The summed E-state index contributed by atoms with van der Waals surface area (Å²) in [7, 11) is -4.05. The number of hydrogen-bond acceptors (Lipinski definition) is 9. The molecule has 0 aliphatic carbocycles. The zero-order chi connectivity index (χ0) is 25.8. The predicted octanol–water partition coefficient (Wildman–Crippen LogP) is 2.01. The summed E-state index contributed by atoms with van der Waals surface area (Å²) in [5.41, 5.74) is -1.56. The number of halogens is 1. The third-order valence-corrected chi connectivity index (χ3v) is 7.11. The summed E-state index contributed by atoms with van der Waals surface area (Å²) < 4.78 is 50.9. The van der Waals surface area contributed by atoms with E-state index in [-0.39, 0.29) is 18.0 Å². The summed E-state index contributed by atoms with van der Waals surface area (Å²) in [6.45, 7) is 4.25. The van der Waals surface area contributed by atoms with Gasteiger partial charge in [-0.1, -0.05) is 25.1 Å². The minimum absolute atomic E-state index is 0.210. The van der Waals surface area contributed by atoms with Crippen LogP contribution >= 0.6 is 7.60 Å². The summed E-state index contributed by atoms with van der Waals surface area (Å²) in [5, 5.41) is 10.3. The van der Waals surface area contributed by atoms with E-state index in [0.29, 0.717) is 0 Å². The first-order valence-corrected chi connectivity index (χ1v) is 12.7. The fourth-order valence-electron chi connectivity index (χ4n) is 3.40. The Balaban J connectivity index is 1.75. The fraction of sp³-hybridized carbons (Fsp3) is 0.500. The maximum absolute atomic E-state index is 14.8. The van der Waals surface area contributed by atoms with Crippen molar-refractivity contribution in [3.05, 3.63) is 63.4 Å². The molecule has 1 aromatic carbocycles. The average molecular weight is 514 g/mol. The molecular weight excluding hydrogens is 486 g/mol. The number of nitrogens with zero attached hydrogens (tertiary/aromatic N) is 1. The second-order valence-corrected chi connectivity index (χ2v) is 10.4. The van der Waals surface area contributed by atoms with Crippen LogP contribution in [0.15, 0.2) is 52.2 Å². The van der Waals surface area contributed by atoms with E-state index in [2.05, 4.69) is 0 Å². The molecule has 1 saturated heterocycles. The lowest BCUT2D eigenvalue weighted by Gasteiger charge is -2.24. The summed E-state index contributed by atoms with van der Waals surface area (Å²) in [4.78, 5) is 37.6. The van der Waals surface area contributed by atoms with Gasteiger partial charge in [0.1, 0.15) is 18.0 Å². The normalized spacial score (nSPS) is 24.6. The van der Waals surface area contributed by atoms with E-state index < -0.39 is 61.9 Å². The minimum Gasteiger partial charge on any atom is -0.463 e.